The number of nitrogens with two attached hydrogens (primary N) is 1. The van der Waals surface area contributed by atoms with E-state index in [1.807, 2.05) is 0 Å². The Morgan fingerprint density at radius 3 is 2.20 bits per heavy atom. The molecule has 3 atom stereocenters. The largest absolute Gasteiger partial charge is 0.328 e. The van der Waals surface area contributed by atoms with E-state index in [-0.39, 0.29) is 0 Å². The molecule has 2 aliphatic rings. The molecule has 0 bridgehead atoms. The van der Waals surface area contributed by atoms with Crippen LogP contribution in [-0.4, -0.2) is 6.04 Å². The first-order valence-corrected chi connectivity index (χ1v) is 7.03. The molecule has 0 amide bonds. The first-order chi connectivity index (χ1) is 7.27. The first-order valence-electron chi connectivity index (χ1n) is 7.03. The van der Waals surface area contributed by atoms with Crippen LogP contribution in [0.15, 0.2) is 0 Å². The summed E-state index contributed by atoms with van der Waals surface area (Å²) in [5.74, 6) is 2.91. The Labute approximate surface area is 94.8 Å². The maximum Gasteiger partial charge on any atom is 0.00415 e. The van der Waals surface area contributed by atoms with E-state index < -0.39 is 0 Å². The molecule has 0 radical (unpaired) electrons. The lowest BCUT2D eigenvalue weighted by Crippen LogP contribution is -2.33. The molecule has 88 valence electrons. The predicted octanol–water partition coefficient (Wildman–Crippen LogP) is 3.72. The lowest BCUT2D eigenvalue weighted by atomic mass is 9.70. The maximum absolute atomic E-state index is 6.09. The molecular formula is C14H27N. The first kappa shape index (κ1) is 11.4. The van der Waals surface area contributed by atoms with Gasteiger partial charge in [-0.05, 0) is 30.6 Å². The molecule has 0 heterocycles. The zero-order valence-corrected chi connectivity index (χ0v) is 10.3. The van der Waals surface area contributed by atoms with E-state index in [4.69, 9.17) is 5.73 Å². The van der Waals surface area contributed by atoms with Gasteiger partial charge in [0, 0.05) is 6.04 Å². The van der Waals surface area contributed by atoms with Gasteiger partial charge in [-0.3, -0.25) is 0 Å². The average Bonchev–Trinajstić information content (AvgIpc) is 2.29. The Morgan fingerprint density at radius 2 is 1.53 bits per heavy atom. The van der Waals surface area contributed by atoms with Gasteiger partial charge >= 0.3 is 0 Å². The zero-order valence-electron chi connectivity index (χ0n) is 10.3. The number of hydrogen-bond donors (Lipinski definition) is 1. The van der Waals surface area contributed by atoms with Gasteiger partial charge in [0.25, 0.3) is 0 Å². The van der Waals surface area contributed by atoms with Gasteiger partial charge in [-0.15, -0.1) is 0 Å². The molecule has 2 aliphatic carbocycles. The van der Waals surface area contributed by atoms with E-state index >= 15 is 0 Å². The Balaban J connectivity index is 1.85. The van der Waals surface area contributed by atoms with Crippen LogP contribution in [0.2, 0.25) is 0 Å². The Kier molecular flexibility index (Phi) is 4.07. The van der Waals surface area contributed by atoms with Gasteiger partial charge in [0.15, 0.2) is 0 Å². The summed E-state index contributed by atoms with van der Waals surface area (Å²) in [6.45, 7) is 2.50. The van der Waals surface area contributed by atoms with Gasteiger partial charge in [0.1, 0.15) is 0 Å². The van der Waals surface area contributed by atoms with Crippen LogP contribution in [0.25, 0.3) is 0 Å². The van der Waals surface area contributed by atoms with Crippen molar-refractivity contribution >= 4 is 0 Å². The van der Waals surface area contributed by atoms with E-state index in [9.17, 15) is 0 Å². The highest BCUT2D eigenvalue weighted by molar-refractivity contribution is 4.82. The highest BCUT2D eigenvalue weighted by Gasteiger charge is 2.29. The molecule has 2 N–H and O–H groups in total. The number of rotatable bonds is 2. The summed E-state index contributed by atoms with van der Waals surface area (Å²) in [5, 5.41) is 0. The zero-order chi connectivity index (χ0) is 10.7. The molecule has 1 nitrogen and oxygen atoms in total. The minimum absolute atomic E-state index is 0.509. The average molecular weight is 209 g/mol. The van der Waals surface area contributed by atoms with Crippen molar-refractivity contribution in [3.63, 3.8) is 0 Å². The fourth-order valence-electron chi connectivity index (χ4n) is 3.79. The van der Waals surface area contributed by atoms with Crippen LogP contribution in [0.4, 0.5) is 0 Å². The van der Waals surface area contributed by atoms with Gasteiger partial charge in [0.05, 0.1) is 0 Å². The molecule has 15 heavy (non-hydrogen) atoms. The Bertz CT molecular complexity index is 184. The summed E-state index contributed by atoms with van der Waals surface area (Å²) in [5.41, 5.74) is 6.09. The third-order valence-electron chi connectivity index (χ3n) is 4.89. The van der Waals surface area contributed by atoms with Crippen molar-refractivity contribution in [1.29, 1.82) is 0 Å². The molecule has 0 aromatic rings. The molecule has 0 spiro atoms. The summed E-state index contributed by atoms with van der Waals surface area (Å²) in [6, 6.07) is 0.509. The van der Waals surface area contributed by atoms with Gasteiger partial charge < -0.3 is 5.73 Å². The highest BCUT2D eigenvalue weighted by Crippen LogP contribution is 2.39. The second-order valence-corrected chi connectivity index (χ2v) is 5.94. The monoisotopic (exact) mass is 209 g/mol. The summed E-state index contributed by atoms with van der Waals surface area (Å²) in [6.07, 6.45) is 12.8. The van der Waals surface area contributed by atoms with E-state index in [1.165, 1.54) is 57.8 Å². The van der Waals surface area contributed by atoms with E-state index in [1.54, 1.807) is 0 Å². The molecule has 0 saturated heterocycles. The molecular weight excluding hydrogens is 182 g/mol. The SMILES string of the molecule is CC(C1CCCCC1)C1CCCC(N)C1. The molecule has 0 aromatic heterocycles. The summed E-state index contributed by atoms with van der Waals surface area (Å²) in [7, 11) is 0. The molecule has 3 unspecified atom stereocenters. The molecule has 1 heteroatoms. The lowest BCUT2D eigenvalue weighted by Gasteiger charge is -2.37. The van der Waals surface area contributed by atoms with Crippen molar-refractivity contribution in [1.82, 2.24) is 0 Å². The quantitative estimate of drug-likeness (QED) is 0.737. The van der Waals surface area contributed by atoms with Gasteiger partial charge in [-0.2, -0.15) is 0 Å². The van der Waals surface area contributed by atoms with Crippen LogP contribution < -0.4 is 5.73 Å². The van der Waals surface area contributed by atoms with Crippen molar-refractivity contribution < 1.29 is 0 Å². The highest BCUT2D eigenvalue weighted by atomic mass is 14.6. The fraction of sp³-hybridized carbons (Fsp3) is 1.00. The second-order valence-electron chi connectivity index (χ2n) is 5.94. The van der Waals surface area contributed by atoms with Crippen LogP contribution >= 0.6 is 0 Å². The van der Waals surface area contributed by atoms with Crippen LogP contribution in [0.3, 0.4) is 0 Å². The molecule has 0 aliphatic heterocycles. The van der Waals surface area contributed by atoms with Crippen molar-refractivity contribution in [2.24, 2.45) is 23.5 Å². The standard InChI is InChI=1S/C14H27N/c1-11(12-6-3-2-4-7-12)13-8-5-9-14(15)10-13/h11-14H,2-10,15H2,1H3. The van der Waals surface area contributed by atoms with Crippen molar-refractivity contribution in [3.8, 4) is 0 Å². The fourth-order valence-corrected chi connectivity index (χ4v) is 3.79. The lowest BCUT2D eigenvalue weighted by molar-refractivity contribution is 0.151. The minimum atomic E-state index is 0.509. The maximum atomic E-state index is 6.09. The van der Waals surface area contributed by atoms with Gasteiger partial charge in [-0.25, -0.2) is 0 Å². The summed E-state index contributed by atoms with van der Waals surface area (Å²) >= 11 is 0. The molecule has 2 saturated carbocycles. The van der Waals surface area contributed by atoms with E-state index in [0.29, 0.717) is 6.04 Å². The van der Waals surface area contributed by atoms with Crippen molar-refractivity contribution in [3.05, 3.63) is 0 Å². The smallest absolute Gasteiger partial charge is 0.00415 e. The topological polar surface area (TPSA) is 26.0 Å². The van der Waals surface area contributed by atoms with Crippen LogP contribution in [0, 0.1) is 17.8 Å². The van der Waals surface area contributed by atoms with Crippen LogP contribution in [0.5, 0.6) is 0 Å². The third-order valence-corrected chi connectivity index (χ3v) is 4.89. The van der Waals surface area contributed by atoms with Crippen molar-refractivity contribution in [2.75, 3.05) is 0 Å². The second kappa shape index (κ2) is 5.34. The normalized spacial score (nSPS) is 36.4. The van der Waals surface area contributed by atoms with Gasteiger partial charge in [-0.1, -0.05) is 51.9 Å². The molecule has 2 rings (SSSR count). The summed E-state index contributed by atoms with van der Waals surface area (Å²) in [4.78, 5) is 0. The Hall–Kier alpha value is -0.0400. The van der Waals surface area contributed by atoms with E-state index in [2.05, 4.69) is 6.92 Å². The van der Waals surface area contributed by atoms with Crippen molar-refractivity contribution in [2.45, 2.75) is 70.8 Å². The van der Waals surface area contributed by atoms with E-state index in [0.717, 1.165) is 17.8 Å². The predicted molar refractivity (Wildman–Crippen MR) is 65.7 cm³/mol. The van der Waals surface area contributed by atoms with Gasteiger partial charge in [0.2, 0.25) is 0 Å². The minimum Gasteiger partial charge on any atom is -0.328 e. The molecule has 0 aromatic carbocycles. The number of hydrogen-bond acceptors (Lipinski definition) is 1. The van der Waals surface area contributed by atoms with Crippen LogP contribution in [0.1, 0.15) is 64.7 Å². The molecule has 2 fully saturated rings. The summed E-state index contributed by atoms with van der Waals surface area (Å²) < 4.78 is 0. The van der Waals surface area contributed by atoms with Crippen LogP contribution in [-0.2, 0) is 0 Å². The Morgan fingerprint density at radius 1 is 0.867 bits per heavy atom. The third kappa shape index (κ3) is 2.96.